The third-order valence-corrected chi connectivity index (χ3v) is 1.84. The van der Waals surface area contributed by atoms with Gasteiger partial charge in [-0.25, -0.2) is 0 Å². The molecule has 0 aliphatic carbocycles. The van der Waals surface area contributed by atoms with Crippen molar-refractivity contribution in [2.45, 2.75) is 19.9 Å². The van der Waals surface area contributed by atoms with Gasteiger partial charge in [-0.3, -0.25) is 0 Å². The zero-order valence-corrected chi connectivity index (χ0v) is 7.28. The molecule has 1 aromatic heterocycles. The van der Waals surface area contributed by atoms with Crippen molar-refractivity contribution in [1.82, 2.24) is 10.2 Å². The molecule has 3 heteroatoms. The maximum absolute atomic E-state index is 4.37. The van der Waals surface area contributed by atoms with E-state index in [1.165, 1.54) is 0 Å². The lowest BCUT2D eigenvalue weighted by atomic mass is 10.3. The maximum Gasteiger partial charge on any atom is 0.204 e. The van der Waals surface area contributed by atoms with Crippen LogP contribution in [0.4, 0.5) is 0 Å². The van der Waals surface area contributed by atoms with E-state index in [0.717, 1.165) is 11.0 Å². The predicted molar refractivity (Wildman–Crippen MR) is 46.7 cm³/mol. The van der Waals surface area contributed by atoms with Gasteiger partial charge in [0.15, 0.2) is 5.52 Å². The third-order valence-electron chi connectivity index (χ3n) is 1.84. The molecular formula is C9H12N3+. The minimum absolute atomic E-state index is 0.386. The van der Waals surface area contributed by atoms with Crippen LogP contribution in [0.2, 0.25) is 0 Å². The van der Waals surface area contributed by atoms with E-state index in [-0.39, 0.29) is 0 Å². The fraction of sp³-hybridized carbons (Fsp3) is 0.333. The summed E-state index contributed by atoms with van der Waals surface area (Å²) in [6, 6.07) is 8.42. The van der Waals surface area contributed by atoms with Crippen LogP contribution in [0.5, 0.6) is 0 Å². The van der Waals surface area contributed by atoms with Crippen molar-refractivity contribution in [2.24, 2.45) is 0 Å². The fourth-order valence-electron chi connectivity index (χ4n) is 1.16. The molecule has 0 spiro atoms. The summed E-state index contributed by atoms with van der Waals surface area (Å²) in [6.07, 6.45) is 0. The van der Waals surface area contributed by atoms with Gasteiger partial charge in [0, 0.05) is 18.9 Å². The standard InChI is InChI=1S/C9H11N3/c1-7(2)12-10-8-5-3-4-6-9(8)11-12/h3-7H,1-2H3/p+1. The molecule has 0 amide bonds. The lowest BCUT2D eigenvalue weighted by molar-refractivity contribution is -0.816. The summed E-state index contributed by atoms with van der Waals surface area (Å²) >= 11 is 0. The Kier molecular flexibility index (Phi) is 1.57. The van der Waals surface area contributed by atoms with Crippen molar-refractivity contribution >= 4 is 11.0 Å². The van der Waals surface area contributed by atoms with Crippen LogP contribution in [-0.4, -0.2) is 10.2 Å². The van der Waals surface area contributed by atoms with Gasteiger partial charge in [0.25, 0.3) is 0 Å². The van der Waals surface area contributed by atoms with Crippen molar-refractivity contribution in [1.29, 1.82) is 0 Å². The zero-order valence-electron chi connectivity index (χ0n) is 7.28. The largest absolute Gasteiger partial charge is 0.204 e. The summed E-state index contributed by atoms with van der Waals surface area (Å²) in [7, 11) is 0. The quantitative estimate of drug-likeness (QED) is 0.632. The number of hydrogen-bond acceptors (Lipinski definition) is 1. The Morgan fingerprint density at radius 1 is 1.33 bits per heavy atom. The Labute approximate surface area is 71.0 Å². The van der Waals surface area contributed by atoms with Gasteiger partial charge in [-0.2, -0.15) is 0 Å². The first-order valence-corrected chi connectivity index (χ1v) is 4.14. The van der Waals surface area contributed by atoms with E-state index in [1.54, 1.807) is 0 Å². The molecule has 0 atom stereocenters. The molecule has 2 aromatic rings. The van der Waals surface area contributed by atoms with E-state index in [0.29, 0.717) is 6.04 Å². The highest BCUT2D eigenvalue weighted by molar-refractivity contribution is 5.72. The number of nitrogens with one attached hydrogen (secondary N) is 1. The number of nitrogens with zero attached hydrogens (tertiary/aromatic N) is 2. The first-order chi connectivity index (χ1) is 5.77. The number of H-pyrrole nitrogens is 1. The van der Waals surface area contributed by atoms with E-state index >= 15 is 0 Å². The average molecular weight is 162 g/mol. The van der Waals surface area contributed by atoms with Gasteiger partial charge in [-0.05, 0) is 16.9 Å². The number of aromatic nitrogens is 3. The van der Waals surface area contributed by atoms with Crippen molar-refractivity contribution in [3.63, 3.8) is 0 Å². The van der Waals surface area contributed by atoms with Crippen LogP contribution in [0.3, 0.4) is 0 Å². The van der Waals surface area contributed by atoms with Gasteiger partial charge in [0.05, 0.1) is 0 Å². The Balaban J connectivity index is 2.62. The van der Waals surface area contributed by atoms with Crippen LogP contribution < -0.4 is 4.80 Å². The number of hydrogen-bond donors (Lipinski definition) is 1. The summed E-state index contributed by atoms with van der Waals surface area (Å²) in [5.41, 5.74) is 2.11. The van der Waals surface area contributed by atoms with Crippen LogP contribution in [0, 0.1) is 0 Å². The van der Waals surface area contributed by atoms with Crippen molar-refractivity contribution in [2.75, 3.05) is 0 Å². The second-order valence-electron chi connectivity index (χ2n) is 3.17. The Hall–Kier alpha value is -1.38. The summed E-state index contributed by atoms with van der Waals surface area (Å²) in [5, 5.41) is 7.57. The number of rotatable bonds is 1. The third kappa shape index (κ3) is 1.07. The molecule has 62 valence electrons. The van der Waals surface area contributed by atoms with E-state index < -0.39 is 0 Å². The van der Waals surface area contributed by atoms with Crippen LogP contribution >= 0.6 is 0 Å². The zero-order chi connectivity index (χ0) is 8.55. The molecule has 0 saturated heterocycles. The number of aromatic amines is 1. The molecule has 1 heterocycles. The van der Waals surface area contributed by atoms with Crippen LogP contribution in [0.25, 0.3) is 11.0 Å². The molecule has 1 N–H and O–H groups in total. The molecule has 0 saturated carbocycles. The summed E-state index contributed by atoms with van der Waals surface area (Å²) in [6.45, 7) is 4.20. The molecule has 0 unspecified atom stereocenters. The van der Waals surface area contributed by atoms with Gasteiger partial charge in [-0.15, -0.1) is 5.10 Å². The minimum Gasteiger partial charge on any atom is -0.139 e. The van der Waals surface area contributed by atoms with Crippen LogP contribution in [0.1, 0.15) is 19.9 Å². The minimum atomic E-state index is 0.386. The van der Waals surface area contributed by atoms with Crippen LogP contribution in [0.15, 0.2) is 24.3 Å². The van der Waals surface area contributed by atoms with Gasteiger partial charge in [0.1, 0.15) is 5.52 Å². The molecular weight excluding hydrogens is 150 g/mol. The lowest BCUT2D eigenvalue weighted by Crippen LogP contribution is -2.40. The second-order valence-corrected chi connectivity index (χ2v) is 3.17. The smallest absolute Gasteiger partial charge is 0.139 e. The highest BCUT2D eigenvalue weighted by atomic mass is 15.5. The Bertz CT molecular complexity index is 356. The molecule has 0 fully saturated rings. The van der Waals surface area contributed by atoms with E-state index in [2.05, 4.69) is 24.0 Å². The van der Waals surface area contributed by atoms with E-state index in [4.69, 9.17) is 0 Å². The number of fused-ring (bicyclic) bond motifs is 1. The topological polar surface area (TPSA) is 32.6 Å². The van der Waals surface area contributed by atoms with Crippen molar-refractivity contribution < 1.29 is 4.80 Å². The molecule has 12 heavy (non-hydrogen) atoms. The number of para-hydroxylation sites is 1. The first-order valence-electron chi connectivity index (χ1n) is 4.14. The van der Waals surface area contributed by atoms with Gasteiger partial charge in [0.2, 0.25) is 6.04 Å². The predicted octanol–water partition coefficient (Wildman–Crippen LogP) is 1.43. The highest BCUT2D eigenvalue weighted by Gasteiger charge is 2.11. The summed E-state index contributed by atoms with van der Waals surface area (Å²) < 4.78 is 0. The van der Waals surface area contributed by atoms with E-state index in [1.807, 2.05) is 29.1 Å². The Morgan fingerprint density at radius 3 is 2.75 bits per heavy atom. The summed E-state index contributed by atoms with van der Waals surface area (Å²) in [5.74, 6) is 0. The average Bonchev–Trinajstić information content (AvgIpc) is 2.46. The molecule has 2 rings (SSSR count). The normalized spacial score (nSPS) is 11.2. The van der Waals surface area contributed by atoms with Gasteiger partial charge >= 0.3 is 0 Å². The van der Waals surface area contributed by atoms with Crippen molar-refractivity contribution in [3.05, 3.63) is 24.3 Å². The molecule has 0 aliphatic rings. The molecule has 3 nitrogen and oxygen atoms in total. The molecule has 1 aromatic carbocycles. The maximum atomic E-state index is 4.37. The number of benzene rings is 1. The lowest BCUT2D eigenvalue weighted by Gasteiger charge is -1.87. The Morgan fingerprint density at radius 2 is 2.08 bits per heavy atom. The molecule has 0 bridgehead atoms. The van der Waals surface area contributed by atoms with Crippen molar-refractivity contribution in [3.8, 4) is 0 Å². The molecule has 0 aliphatic heterocycles. The monoisotopic (exact) mass is 162 g/mol. The summed E-state index contributed by atoms with van der Waals surface area (Å²) in [4.78, 5) is 1.87. The van der Waals surface area contributed by atoms with Gasteiger partial charge < -0.3 is 0 Å². The fourth-order valence-corrected chi connectivity index (χ4v) is 1.16. The SMILES string of the molecule is CC(C)[n+]1nc2ccccc2[nH]1. The van der Waals surface area contributed by atoms with Gasteiger partial charge in [-0.1, -0.05) is 12.1 Å². The molecule has 0 radical (unpaired) electrons. The second kappa shape index (κ2) is 2.59. The van der Waals surface area contributed by atoms with Crippen LogP contribution in [-0.2, 0) is 0 Å². The first kappa shape index (κ1) is 7.28. The highest BCUT2D eigenvalue weighted by Crippen LogP contribution is 2.04. The van der Waals surface area contributed by atoms with E-state index in [9.17, 15) is 0 Å².